The van der Waals surface area contributed by atoms with Crippen LogP contribution in [0.15, 0.2) is 91.1 Å². The Labute approximate surface area is 192 Å². The lowest BCUT2D eigenvalue weighted by Crippen LogP contribution is -2.29. The summed E-state index contributed by atoms with van der Waals surface area (Å²) in [5.41, 5.74) is 9.81. The topological polar surface area (TPSA) is 84.5 Å². The van der Waals surface area contributed by atoms with Crippen LogP contribution >= 0.6 is 0 Å². The Kier molecular flexibility index (Phi) is 5.74. The summed E-state index contributed by atoms with van der Waals surface area (Å²) >= 11 is 0. The lowest BCUT2D eigenvalue weighted by Gasteiger charge is -2.10. The van der Waals surface area contributed by atoms with E-state index < -0.39 is 0 Å². The average Bonchev–Trinajstić information content (AvgIpc) is 3.24. The molecule has 1 amide bonds. The molecule has 0 radical (unpaired) electrons. The third-order valence-corrected chi connectivity index (χ3v) is 5.64. The van der Waals surface area contributed by atoms with E-state index in [1.54, 1.807) is 6.07 Å². The maximum absolute atomic E-state index is 12.4. The summed E-state index contributed by atoms with van der Waals surface area (Å²) in [6.45, 7) is 1.50. The smallest absolute Gasteiger partial charge is 0.251 e. The number of hydrogen-bond acceptors (Lipinski definition) is 4. The summed E-state index contributed by atoms with van der Waals surface area (Å²) in [4.78, 5) is 17.4. The van der Waals surface area contributed by atoms with Gasteiger partial charge in [-0.1, -0.05) is 66.7 Å². The lowest BCUT2D eigenvalue weighted by atomic mass is 10.1. The first-order valence-corrected chi connectivity index (χ1v) is 11.0. The molecule has 4 N–H and O–H groups in total. The van der Waals surface area contributed by atoms with Crippen LogP contribution in [-0.4, -0.2) is 28.4 Å². The molecule has 0 saturated carbocycles. The van der Waals surface area contributed by atoms with Crippen molar-refractivity contribution in [1.82, 2.24) is 14.7 Å². The molecule has 2 aromatic heterocycles. The van der Waals surface area contributed by atoms with Crippen molar-refractivity contribution in [2.45, 2.75) is 6.54 Å². The number of amides is 1. The number of nitrogens with two attached hydrogens (primary N) is 1. The number of nitrogens with one attached hydrogen (secondary N) is 2. The molecule has 164 valence electrons. The van der Waals surface area contributed by atoms with E-state index in [1.807, 2.05) is 47.0 Å². The van der Waals surface area contributed by atoms with Gasteiger partial charge in [-0.25, -0.2) is 4.98 Å². The lowest BCUT2D eigenvalue weighted by molar-refractivity contribution is 0.0954. The summed E-state index contributed by atoms with van der Waals surface area (Å²) in [7, 11) is 0. The molecule has 0 unspecified atom stereocenters. The van der Waals surface area contributed by atoms with Crippen LogP contribution in [0.5, 0.6) is 0 Å². The largest absolute Gasteiger partial charge is 0.365 e. The number of imidazole rings is 1. The quantitative estimate of drug-likeness (QED) is 0.353. The van der Waals surface area contributed by atoms with E-state index in [9.17, 15) is 4.79 Å². The van der Waals surface area contributed by atoms with Crippen LogP contribution in [0.3, 0.4) is 0 Å². The Balaban J connectivity index is 1.59. The van der Waals surface area contributed by atoms with Gasteiger partial charge in [-0.15, -0.1) is 0 Å². The van der Waals surface area contributed by atoms with Crippen molar-refractivity contribution in [1.29, 1.82) is 0 Å². The van der Waals surface area contributed by atoms with Gasteiger partial charge in [0, 0.05) is 37.0 Å². The van der Waals surface area contributed by atoms with E-state index in [-0.39, 0.29) is 5.91 Å². The molecule has 0 aliphatic heterocycles. The molecule has 6 nitrogen and oxygen atoms in total. The Morgan fingerprint density at radius 1 is 0.909 bits per heavy atom. The monoisotopic (exact) mass is 435 g/mol. The molecular weight excluding hydrogens is 410 g/mol. The average molecular weight is 436 g/mol. The molecule has 5 aromatic rings. The third kappa shape index (κ3) is 4.29. The number of anilines is 1. The second-order valence-corrected chi connectivity index (χ2v) is 7.90. The first kappa shape index (κ1) is 20.7. The Bertz CT molecular complexity index is 1420. The first-order chi connectivity index (χ1) is 16.2. The summed E-state index contributed by atoms with van der Waals surface area (Å²) in [5.74, 6) is 0.732. The van der Waals surface area contributed by atoms with Gasteiger partial charge in [0.25, 0.3) is 5.91 Å². The fourth-order valence-corrected chi connectivity index (χ4v) is 3.96. The van der Waals surface area contributed by atoms with E-state index in [4.69, 9.17) is 10.7 Å². The van der Waals surface area contributed by atoms with Gasteiger partial charge in [-0.3, -0.25) is 9.20 Å². The molecule has 0 aliphatic carbocycles. The predicted octanol–water partition coefficient (Wildman–Crippen LogP) is 4.46. The van der Waals surface area contributed by atoms with Crippen molar-refractivity contribution in [3.8, 4) is 11.3 Å². The van der Waals surface area contributed by atoms with Crippen LogP contribution in [0.4, 0.5) is 5.82 Å². The van der Waals surface area contributed by atoms with Crippen LogP contribution < -0.4 is 16.4 Å². The van der Waals surface area contributed by atoms with Gasteiger partial charge in [0.05, 0.1) is 0 Å². The van der Waals surface area contributed by atoms with E-state index in [0.29, 0.717) is 30.8 Å². The van der Waals surface area contributed by atoms with Gasteiger partial charge in [-0.05, 0) is 34.5 Å². The summed E-state index contributed by atoms with van der Waals surface area (Å²) in [6, 6.07) is 28.5. The Morgan fingerprint density at radius 3 is 2.52 bits per heavy atom. The van der Waals surface area contributed by atoms with Crippen LogP contribution in [0.1, 0.15) is 15.9 Å². The van der Waals surface area contributed by atoms with Crippen molar-refractivity contribution < 1.29 is 4.79 Å². The van der Waals surface area contributed by atoms with Crippen LogP contribution in [0.2, 0.25) is 0 Å². The highest BCUT2D eigenvalue weighted by molar-refractivity contribution is 5.95. The number of pyridine rings is 1. The van der Waals surface area contributed by atoms with E-state index in [2.05, 4.69) is 53.1 Å². The van der Waals surface area contributed by atoms with E-state index in [1.165, 1.54) is 10.9 Å². The number of rotatable bonds is 7. The molecule has 0 spiro atoms. The van der Waals surface area contributed by atoms with Crippen molar-refractivity contribution in [3.05, 3.63) is 102 Å². The minimum absolute atomic E-state index is 0.156. The van der Waals surface area contributed by atoms with Gasteiger partial charge in [0.1, 0.15) is 17.2 Å². The number of nitrogens with zero attached hydrogens (tertiary/aromatic N) is 2. The normalized spacial score (nSPS) is 11.1. The molecule has 3 aromatic carbocycles. The van der Waals surface area contributed by atoms with Crippen molar-refractivity contribution >= 4 is 28.1 Å². The first-order valence-electron chi connectivity index (χ1n) is 11.0. The van der Waals surface area contributed by atoms with Crippen LogP contribution in [0.25, 0.3) is 27.7 Å². The van der Waals surface area contributed by atoms with Gasteiger partial charge < -0.3 is 16.4 Å². The predicted molar refractivity (Wildman–Crippen MR) is 133 cm³/mol. The molecule has 33 heavy (non-hydrogen) atoms. The van der Waals surface area contributed by atoms with Gasteiger partial charge >= 0.3 is 0 Å². The Hall–Kier alpha value is -4.16. The maximum atomic E-state index is 12.4. The number of carbonyl (C=O) groups is 1. The van der Waals surface area contributed by atoms with Crippen molar-refractivity contribution in [3.63, 3.8) is 0 Å². The summed E-state index contributed by atoms with van der Waals surface area (Å²) in [5, 5.41) is 8.72. The van der Waals surface area contributed by atoms with E-state index >= 15 is 0 Å². The minimum atomic E-state index is -0.156. The van der Waals surface area contributed by atoms with Gasteiger partial charge in [0.2, 0.25) is 0 Å². The second kappa shape index (κ2) is 9.14. The minimum Gasteiger partial charge on any atom is -0.365 e. The number of fused-ring (bicyclic) bond motifs is 2. The standard InChI is InChI=1S/C27H25N5O/c28-13-14-29-27(33)23-12-15-32-24(17-23)31-25(26(32)30-18-19-6-2-1-3-7-19)22-11-10-20-8-4-5-9-21(20)16-22/h1-12,15-17,30H,13-14,18,28H2,(H,29,33). The fraction of sp³-hybridized carbons (Fsp3) is 0.111. The summed E-state index contributed by atoms with van der Waals surface area (Å²) < 4.78 is 1.99. The van der Waals surface area contributed by atoms with Gasteiger partial charge in [-0.2, -0.15) is 0 Å². The molecule has 0 aliphatic rings. The van der Waals surface area contributed by atoms with Crippen LogP contribution in [-0.2, 0) is 6.54 Å². The summed E-state index contributed by atoms with van der Waals surface area (Å²) in [6.07, 6.45) is 1.89. The molecule has 0 atom stereocenters. The fourth-order valence-electron chi connectivity index (χ4n) is 3.96. The highest BCUT2D eigenvalue weighted by Crippen LogP contribution is 2.31. The maximum Gasteiger partial charge on any atom is 0.251 e. The number of carbonyl (C=O) groups excluding carboxylic acids is 1. The zero-order chi connectivity index (χ0) is 22.6. The zero-order valence-corrected chi connectivity index (χ0v) is 18.2. The zero-order valence-electron chi connectivity index (χ0n) is 18.2. The second-order valence-electron chi connectivity index (χ2n) is 7.90. The molecule has 0 bridgehead atoms. The molecular formula is C27H25N5O. The number of benzene rings is 3. The number of hydrogen-bond donors (Lipinski definition) is 3. The molecule has 0 fully saturated rings. The highest BCUT2D eigenvalue weighted by Gasteiger charge is 2.16. The third-order valence-electron chi connectivity index (χ3n) is 5.64. The SMILES string of the molecule is NCCNC(=O)c1ccn2c(NCc3ccccc3)c(-c3ccc4ccccc4c3)nc2c1. The molecule has 5 rings (SSSR count). The Morgan fingerprint density at radius 2 is 1.70 bits per heavy atom. The van der Waals surface area contributed by atoms with Crippen molar-refractivity contribution in [2.24, 2.45) is 5.73 Å². The van der Waals surface area contributed by atoms with Crippen LogP contribution in [0, 0.1) is 0 Å². The van der Waals surface area contributed by atoms with E-state index in [0.717, 1.165) is 22.5 Å². The van der Waals surface area contributed by atoms with Gasteiger partial charge in [0.15, 0.2) is 0 Å². The molecule has 2 heterocycles. The number of aromatic nitrogens is 2. The molecule has 6 heteroatoms. The molecule has 0 saturated heterocycles. The van der Waals surface area contributed by atoms with Crippen molar-refractivity contribution in [2.75, 3.05) is 18.4 Å². The highest BCUT2D eigenvalue weighted by atomic mass is 16.1.